The third-order valence-electron chi connectivity index (χ3n) is 3.70. The molecule has 0 fully saturated rings. The van der Waals surface area contributed by atoms with E-state index in [1.807, 2.05) is 31.2 Å². The number of aliphatic hydroxyl groups is 1. The molecule has 1 aromatic heterocycles. The van der Waals surface area contributed by atoms with Crippen LogP contribution in [0.25, 0.3) is 11.0 Å². The number of nitrogens with one attached hydrogen (secondary N) is 2. The van der Waals surface area contributed by atoms with Crippen LogP contribution in [0.1, 0.15) is 45.2 Å². The van der Waals surface area contributed by atoms with Crippen LogP contribution in [0.3, 0.4) is 0 Å². The summed E-state index contributed by atoms with van der Waals surface area (Å²) in [7, 11) is 0. The van der Waals surface area contributed by atoms with Crippen molar-refractivity contribution in [2.24, 2.45) is 5.41 Å². The maximum atomic E-state index is 12.1. The first-order valence-corrected chi connectivity index (χ1v) is 9.30. The van der Waals surface area contributed by atoms with Crippen molar-refractivity contribution < 1.29 is 9.90 Å². The molecule has 2 unspecified atom stereocenters. The lowest BCUT2D eigenvalue weighted by Gasteiger charge is -2.25. The average Bonchev–Trinajstić information content (AvgIpc) is 2.94. The van der Waals surface area contributed by atoms with Crippen LogP contribution in [-0.4, -0.2) is 39.4 Å². The molecule has 3 N–H and O–H groups in total. The van der Waals surface area contributed by atoms with Crippen molar-refractivity contribution in [2.75, 3.05) is 12.4 Å². The molecule has 0 saturated carbocycles. The Morgan fingerprint density at radius 3 is 2.71 bits per heavy atom. The molecule has 5 nitrogen and oxygen atoms in total. The van der Waals surface area contributed by atoms with Gasteiger partial charge in [-0.3, -0.25) is 4.79 Å². The predicted octanol–water partition coefficient (Wildman–Crippen LogP) is 3.27. The molecule has 0 spiro atoms. The van der Waals surface area contributed by atoms with E-state index in [2.05, 4.69) is 36.1 Å². The van der Waals surface area contributed by atoms with Crippen LogP contribution < -0.4 is 5.32 Å². The van der Waals surface area contributed by atoms with Crippen molar-refractivity contribution in [3.63, 3.8) is 0 Å². The molecule has 132 valence electrons. The number of aromatic nitrogens is 2. The number of amides is 1. The molecular formula is C18H27N3O2S. The normalized spacial score (nSPS) is 14.5. The highest BCUT2D eigenvalue weighted by molar-refractivity contribution is 8.00. The molecule has 0 aliphatic rings. The van der Waals surface area contributed by atoms with Gasteiger partial charge < -0.3 is 15.4 Å². The number of H-pyrrole nitrogens is 1. The second-order valence-electron chi connectivity index (χ2n) is 7.30. The van der Waals surface area contributed by atoms with Crippen molar-refractivity contribution in [3.8, 4) is 0 Å². The maximum Gasteiger partial charge on any atom is 0.230 e. The third-order valence-corrected chi connectivity index (χ3v) is 4.85. The number of carbonyl (C=O) groups is 1. The number of nitrogens with zero attached hydrogens (tertiary/aromatic N) is 1. The number of thioether (sulfide) groups is 1. The van der Waals surface area contributed by atoms with Crippen molar-refractivity contribution in [2.45, 2.75) is 45.4 Å². The van der Waals surface area contributed by atoms with E-state index >= 15 is 0 Å². The van der Waals surface area contributed by atoms with E-state index < -0.39 is 0 Å². The van der Waals surface area contributed by atoms with E-state index in [4.69, 9.17) is 0 Å². The molecule has 0 bridgehead atoms. The maximum absolute atomic E-state index is 12.1. The largest absolute Gasteiger partial charge is 0.394 e. The first-order valence-electron chi connectivity index (χ1n) is 8.25. The van der Waals surface area contributed by atoms with E-state index in [1.54, 1.807) is 0 Å². The van der Waals surface area contributed by atoms with Crippen molar-refractivity contribution in [1.29, 1.82) is 0 Å². The second-order valence-corrected chi connectivity index (χ2v) is 8.63. The molecule has 0 aliphatic heterocycles. The molecule has 0 saturated heterocycles. The molecule has 2 aromatic rings. The lowest BCUT2D eigenvalue weighted by molar-refractivity contribution is -0.119. The lowest BCUT2D eigenvalue weighted by Crippen LogP contribution is -2.40. The standard InChI is InChI=1S/C18H27N3O2S/c1-12(17-20-14-7-5-6-8-15(14)21-17)24-11-16(23)19-13(10-22)9-18(2,3)4/h5-8,12-13,22H,9-11H2,1-4H3,(H,19,23)(H,20,21). The number of hydrogen-bond acceptors (Lipinski definition) is 4. The Balaban J connectivity index is 1.86. The lowest BCUT2D eigenvalue weighted by atomic mass is 9.88. The Morgan fingerprint density at radius 1 is 1.38 bits per heavy atom. The molecule has 0 aliphatic carbocycles. The van der Waals surface area contributed by atoms with E-state index in [-0.39, 0.29) is 29.2 Å². The fraction of sp³-hybridized carbons (Fsp3) is 0.556. The summed E-state index contributed by atoms with van der Waals surface area (Å²) in [6.45, 7) is 8.29. The van der Waals surface area contributed by atoms with E-state index in [0.29, 0.717) is 5.75 Å². The number of fused-ring (bicyclic) bond motifs is 1. The fourth-order valence-corrected chi connectivity index (χ4v) is 3.37. The molecule has 2 atom stereocenters. The minimum absolute atomic E-state index is 0.0349. The second kappa shape index (κ2) is 8.03. The van der Waals surface area contributed by atoms with Gasteiger partial charge in [0.05, 0.1) is 34.7 Å². The fourth-order valence-electron chi connectivity index (χ4n) is 2.61. The molecular weight excluding hydrogens is 322 g/mol. The number of para-hydroxylation sites is 2. The van der Waals surface area contributed by atoms with Gasteiger partial charge in [-0.25, -0.2) is 4.98 Å². The summed E-state index contributed by atoms with van der Waals surface area (Å²) in [6, 6.07) is 7.70. The van der Waals surface area contributed by atoms with Crippen LogP contribution in [0.2, 0.25) is 0 Å². The van der Waals surface area contributed by atoms with E-state index in [9.17, 15) is 9.90 Å². The average molecular weight is 350 g/mol. The van der Waals surface area contributed by atoms with Gasteiger partial charge in [-0.05, 0) is 30.9 Å². The first kappa shape index (κ1) is 18.8. The van der Waals surface area contributed by atoms with Gasteiger partial charge >= 0.3 is 0 Å². The van der Waals surface area contributed by atoms with Crippen molar-refractivity contribution >= 4 is 28.7 Å². The summed E-state index contributed by atoms with van der Waals surface area (Å²) in [5.74, 6) is 1.17. The Morgan fingerprint density at radius 2 is 2.08 bits per heavy atom. The van der Waals surface area contributed by atoms with Crippen molar-refractivity contribution in [1.82, 2.24) is 15.3 Å². The van der Waals surface area contributed by atoms with Gasteiger partial charge in [-0.2, -0.15) is 0 Å². The molecule has 1 heterocycles. The summed E-state index contributed by atoms with van der Waals surface area (Å²) < 4.78 is 0. The van der Waals surface area contributed by atoms with Crippen LogP contribution in [-0.2, 0) is 4.79 Å². The van der Waals surface area contributed by atoms with Gasteiger partial charge in [0.15, 0.2) is 0 Å². The summed E-state index contributed by atoms with van der Waals surface area (Å²) in [4.78, 5) is 20.0. The van der Waals surface area contributed by atoms with Crippen LogP contribution in [0.15, 0.2) is 24.3 Å². The van der Waals surface area contributed by atoms with Gasteiger partial charge in [0.2, 0.25) is 5.91 Å². The molecule has 1 amide bonds. The quantitative estimate of drug-likeness (QED) is 0.717. The van der Waals surface area contributed by atoms with Gasteiger partial charge in [-0.15, -0.1) is 11.8 Å². The van der Waals surface area contributed by atoms with Crippen LogP contribution in [0.4, 0.5) is 0 Å². The summed E-state index contributed by atoms with van der Waals surface area (Å²) >= 11 is 1.54. The van der Waals surface area contributed by atoms with Gasteiger partial charge in [0.25, 0.3) is 0 Å². The Labute approximate surface area is 147 Å². The highest BCUT2D eigenvalue weighted by Gasteiger charge is 2.20. The Bertz CT molecular complexity index is 645. The minimum Gasteiger partial charge on any atom is -0.394 e. The number of imidazole rings is 1. The molecule has 0 radical (unpaired) electrons. The van der Waals surface area contributed by atoms with E-state index in [0.717, 1.165) is 23.3 Å². The number of aliphatic hydroxyl groups excluding tert-OH is 1. The zero-order valence-electron chi connectivity index (χ0n) is 14.8. The highest BCUT2D eigenvalue weighted by atomic mass is 32.2. The number of carbonyl (C=O) groups excluding carboxylic acids is 1. The number of rotatable bonds is 7. The number of benzene rings is 1. The Kier molecular flexibility index (Phi) is 6.29. The first-order chi connectivity index (χ1) is 11.3. The van der Waals surface area contributed by atoms with Gasteiger partial charge in [0, 0.05) is 0 Å². The number of hydrogen-bond donors (Lipinski definition) is 3. The smallest absolute Gasteiger partial charge is 0.230 e. The van der Waals surface area contributed by atoms with Crippen molar-refractivity contribution in [3.05, 3.63) is 30.1 Å². The molecule has 24 heavy (non-hydrogen) atoms. The summed E-state index contributed by atoms with van der Waals surface area (Å²) in [6.07, 6.45) is 0.749. The van der Waals surface area contributed by atoms with Gasteiger partial charge in [0.1, 0.15) is 5.82 Å². The van der Waals surface area contributed by atoms with E-state index in [1.165, 1.54) is 11.8 Å². The highest BCUT2D eigenvalue weighted by Crippen LogP contribution is 2.27. The minimum atomic E-state index is -0.195. The van der Waals surface area contributed by atoms with Crippen LogP contribution in [0.5, 0.6) is 0 Å². The molecule has 1 aromatic carbocycles. The zero-order chi connectivity index (χ0) is 17.7. The monoisotopic (exact) mass is 349 g/mol. The predicted molar refractivity (Wildman–Crippen MR) is 100 cm³/mol. The summed E-state index contributed by atoms with van der Waals surface area (Å²) in [5.41, 5.74) is 2.01. The topological polar surface area (TPSA) is 78.0 Å². The van der Waals surface area contributed by atoms with Crippen LogP contribution >= 0.6 is 11.8 Å². The Hall–Kier alpha value is -1.53. The SMILES string of the molecule is CC(SCC(=O)NC(CO)CC(C)(C)C)c1nc2ccccc2[nH]1. The van der Waals surface area contributed by atoms with Gasteiger partial charge in [-0.1, -0.05) is 32.9 Å². The third kappa shape index (κ3) is 5.53. The number of aromatic amines is 1. The zero-order valence-corrected chi connectivity index (χ0v) is 15.6. The summed E-state index contributed by atoms with van der Waals surface area (Å²) in [5, 5.41) is 12.4. The van der Waals surface area contributed by atoms with Crippen LogP contribution in [0, 0.1) is 5.41 Å². The molecule has 2 rings (SSSR count). The molecule has 6 heteroatoms.